The monoisotopic (exact) mass is 283 g/mol. The van der Waals surface area contributed by atoms with Gasteiger partial charge in [-0.2, -0.15) is 20.1 Å². The number of nitrogens with one attached hydrogen (secondary N) is 2. The van der Waals surface area contributed by atoms with Crippen molar-refractivity contribution in [2.75, 3.05) is 11.9 Å². The zero-order chi connectivity index (χ0) is 13.7. The van der Waals surface area contributed by atoms with Gasteiger partial charge in [0.15, 0.2) is 0 Å². The van der Waals surface area contributed by atoms with E-state index < -0.39 is 0 Å². The molecule has 8 nitrogen and oxygen atoms in total. The second-order valence-corrected chi connectivity index (χ2v) is 4.13. The highest BCUT2D eigenvalue weighted by Crippen LogP contribution is 2.16. The molecule has 0 aliphatic carbocycles. The summed E-state index contributed by atoms with van der Waals surface area (Å²) in [6.07, 6.45) is 2.30. The van der Waals surface area contributed by atoms with Crippen LogP contribution >= 0.6 is 11.6 Å². The number of hydrogen-bond donors (Lipinski definition) is 2. The van der Waals surface area contributed by atoms with Crippen molar-refractivity contribution in [3.05, 3.63) is 17.4 Å². The molecule has 0 radical (unpaired) electrons. The summed E-state index contributed by atoms with van der Waals surface area (Å²) < 4.78 is 5.33. The normalized spacial score (nSPS) is 12.2. The van der Waals surface area contributed by atoms with Crippen molar-refractivity contribution < 1.29 is 4.74 Å². The maximum absolute atomic E-state index is 5.82. The molecule has 2 N–H and O–H groups in total. The van der Waals surface area contributed by atoms with Gasteiger partial charge in [-0.3, -0.25) is 5.10 Å². The van der Waals surface area contributed by atoms with Crippen LogP contribution in [-0.4, -0.2) is 36.7 Å². The van der Waals surface area contributed by atoms with Crippen LogP contribution in [0.1, 0.15) is 32.1 Å². The molecule has 1 atom stereocenters. The maximum Gasteiger partial charge on any atom is 0.322 e. The first kappa shape index (κ1) is 13.5. The van der Waals surface area contributed by atoms with Crippen LogP contribution in [0, 0.1) is 0 Å². The lowest BCUT2D eigenvalue weighted by Crippen LogP contribution is -2.12. The van der Waals surface area contributed by atoms with Crippen molar-refractivity contribution in [1.29, 1.82) is 0 Å². The number of H-pyrrole nitrogens is 1. The van der Waals surface area contributed by atoms with Crippen LogP contribution in [0.15, 0.2) is 6.33 Å². The number of nitrogens with zero attached hydrogens (tertiary/aromatic N) is 5. The summed E-state index contributed by atoms with van der Waals surface area (Å²) in [6.45, 7) is 4.41. The number of aromatic nitrogens is 6. The van der Waals surface area contributed by atoms with Gasteiger partial charge in [0.2, 0.25) is 11.2 Å². The molecule has 0 saturated heterocycles. The first-order valence-corrected chi connectivity index (χ1v) is 6.23. The van der Waals surface area contributed by atoms with E-state index in [1.165, 1.54) is 6.33 Å². The molecule has 0 fully saturated rings. The van der Waals surface area contributed by atoms with Crippen LogP contribution in [0.5, 0.6) is 6.01 Å². The maximum atomic E-state index is 5.82. The summed E-state index contributed by atoms with van der Waals surface area (Å²) in [5, 5.41) is 9.66. The zero-order valence-corrected chi connectivity index (χ0v) is 11.3. The average Bonchev–Trinajstić information content (AvgIpc) is 2.89. The van der Waals surface area contributed by atoms with Gasteiger partial charge in [0, 0.05) is 0 Å². The van der Waals surface area contributed by atoms with E-state index in [0.29, 0.717) is 18.4 Å². The minimum Gasteiger partial charge on any atom is -0.463 e. The minimum atomic E-state index is -0.139. The summed E-state index contributed by atoms with van der Waals surface area (Å²) in [5.74, 6) is 1.00. The third-order valence-corrected chi connectivity index (χ3v) is 2.38. The van der Waals surface area contributed by atoms with Crippen LogP contribution in [0.4, 0.5) is 5.95 Å². The Morgan fingerprint density at radius 2 is 2.26 bits per heavy atom. The molecule has 0 aromatic carbocycles. The molecule has 0 aliphatic heterocycles. The Balaban J connectivity index is 2.09. The molecular formula is C10H14ClN7O. The number of aromatic amines is 1. The minimum absolute atomic E-state index is 0.0772. The molecule has 0 aliphatic rings. The fourth-order valence-corrected chi connectivity index (χ4v) is 1.49. The highest BCUT2D eigenvalue weighted by molar-refractivity contribution is 6.28. The first-order valence-electron chi connectivity index (χ1n) is 5.85. The molecular weight excluding hydrogens is 270 g/mol. The molecule has 0 bridgehead atoms. The van der Waals surface area contributed by atoms with Gasteiger partial charge in [0.1, 0.15) is 12.2 Å². The lowest BCUT2D eigenvalue weighted by atomic mass is 10.3. The van der Waals surface area contributed by atoms with E-state index in [9.17, 15) is 0 Å². The van der Waals surface area contributed by atoms with Gasteiger partial charge in [-0.15, -0.1) is 0 Å². The van der Waals surface area contributed by atoms with Gasteiger partial charge in [-0.25, -0.2) is 4.98 Å². The molecule has 9 heteroatoms. The van der Waals surface area contributed by atoms with E-state index in [1.54, 1.807) is 0 Å². The smallest absolute Gasteiger partial charge is 0.322 e. The van der Waals surface area contributed by atoms with Crippen molar-refractivity contribution in [3.63, 3.8) is 0 Å². The molecule has 19 heavy (non-hydrogen) atoms. The lowest BCUT2D eigenvalue weighted by Gasteiger charge is -2.11. The van der Waals surface area contributed by atoms with Crippen LogP contribution < -0.4 is 10.1 Å². The number of halogens is 1. The Labute approximate surface area is 115 Å². The SMILES string of the molecule is CCCOc1nc(Cl)nc(NC(C)c2ncn[nH]2)n1. The van der Waals surface area contributed by atoms with Crippen LogP contribution in [0.3, 0.4) is 0 Å². The van der Waals surface area contributed by atoms with Crippen molar-refractivity contribution in [2.24, 2.45) is 0 Å². The van der Waals surface area contributed by atoms with Gasteiger partial charge in [-0.1, -0.05) is 6.92 Å². The lowest BCUT2D eigenvalue weighted by molar-refractivity contribution is 0.291. The predicted octanol–water partition coefficient (Wildman–Crippen LogP) is 1.60. The van der Waals surface area contributed by atoms with E-state index in [1.807, 2.05) is 13.8 Å². The Kier molecular flexibility index (Phi) is 4.45. The topological polar surface area (TPSA) is 102 Å². The van der Waals surface area contributed by atoms with Gasteiger partial charge in [-0.05, 0) is 24.9 Å². The van der Waals surface area contributed by atoms with Gasteiger partial charge >= 0.3 is 6.01 Å². The zero-order valence-electron chi connectivity index (χ0n) is 10.6. The van der Waals surface area contributed by atoms with Crippen LogP contribution in [-0.2, 0) is 0 Å². The van der Waals surface area contributed by atoms with E-state index in [2.05, 4.69) is 35.5 Å². The predicted molar refractivity (Wildman–Crippen MR) is 69.0 cm³/mol. The Hall–Kier alpha value is -1.96. The molecule has 2 heterocycles. The second kappa shape index (κ2) is 6.28. The van der Waals surface area contributed by atoms with Crippen molar-refractivity contribution in [3.8, 4) is 6.01 Å². The molecule has 1 unspecified atom stereocenters. The largest absolute Gasteiger partial charge is 0.463 e. The Morgan fingerprint density at radius 3 is 2.95 bits per heavy atom. The summed E-state index contributed by atoms with van der Waals surface area (Å²) in [5.41, 5.74) is 0. The third-order valence-electron chi connectivity index (χ3n) is 2.21. The van der Waals surface area contributed by atoms with Crippen molar-refractivity contribution in [2.45, 2.75) is 26.3 Å². The van der Waals surface area contributed by atoms with E-state index >= 15 is 0 Å². The van der Waals surface area contributed by atoms with Crippen molar-refractivity contribution in [1.82, 2.24) is 30.1 Å². The molecule has 2 rings (SSSR count). The average molecular weight is 284 g/mol. The van der Waals surface area contributed by atoms with E-state index in [-0.39, 0.29) is 17.3 Å². The summed E-state index contributed by atoms with van der Waals surface area (Å²) in [6, 6.07) is 0.0640. The Morgan fingerprint density at radius 1 is 1.42 bits per heavy atom. The fourth-order valence-electron chi connectivity index (χ4n) is 1.34. The van der Waals surface area contributed by atoms with Gasteiger partial charge < -0.3 is 10.1 Å². The molecule has 2 aromatic heterocycles. The molecule has 0 amide bonds. The molecule has 0 saturated carbocycles. The van der Waals surface area contributed by atoms with Crippen LogP contribution in [0.2, 0.25) is 5.28 Å². The summed E-state index contributed by atoms with van der Waals surface area (Å²) >= 11 is 5.82. The number of rotatable bonds is 6. The quantitative estimate of drug-likeness (QED) is 0.830. The highest BCUT2D eigenvalue weighted by Gasteiger charge is 2.12. The summed E-state index contributed by atoms with van der Waals surface area (Å²) in [7, 11) is 0. The molecule has 102 valence electrons. The third kappa shape index (κ3) is 3.75. The Bertz CT molecular complexity index is 519. The molecule has 2 aromatic rings. The molecule has 0 spiro atoms. The summed E-state index contributed by atoms with van der Waals surface area (Å²) in [4.78, 5) is 16.0. The second-order valence-electron chi connectivity index (χ2n) is 3.80. The van der Waals surface area contributed by atoms with Crippen LogP contribution in [0.25, 0.3) is 0 Å². The van der Waals surface area contributed by atoms with Crippen molar-refractivity contribution >= 4 is 17.5 Å². The standard InChI is InChI=1S/C10H14ClN7O/c1-3-4-19-10-16-8(11)15-9(17-10)14-6(2)7-12-5-13-18-7/h5-6H,3-4H2,1-2H3,(H,12,13,18)(H,14,15,16,17). The highest BCUT2D eigenvalue weighted by atomic mass is 35.5. The van der Waals surface area contributed by atoms with E-state index in [0.717, 1.165) is 6.42 Å². The number of hydrogen-bond acceptors (Lipinski definition) is 7. The first-order chi connectivity index (χ1) is 9.19. The van der Waals surface area contributed by atoms with Gasteiger partial charge in [0.25, 0.3) is 0 Å². The number of anilines is 1. The number of ether oxygens (including phenoxy) is 1. The van der Waals surface area contributed by atoms with E-state index in [4.69, 9.17) is 16.3 Å². The van der Waals surface area contributed by atoms with Gasteiger partial charge in [0.05, 0.1) is 12.6 Å². The fraction of sp³-hybridized carbons (Fsp3) is 0.500.